The Kier molecular flexibility index (Phi) is 5.34. The van der Waals surface area contributed by atoms with E-state index in [-0.39, 0.29) is 28.6 Å². The van der Waals surface area contributed by atoms with E-state index >= 15 is 0 Å². The summed E-state index contributed by atoms with van der Waals surface area (Å²) in [5.41, 5.74) is 0.343. The molecule has 1 aromatic carbocycles. The Balaban J connectivity index is 1.79. The molecule has 0 radical (unpaired) electrons. The summed E-state index contributed by atoms with van der Waals surface area (Å²) in [6.45, 7) is 2.19. The van der Waals surface area contributed by atoms with E-state index in [1.54, 1.807) is 12.1 Å². The summed E-state index contributed by atoms with van der Waals surface area (Å²) in [6.07, 6.45) is 5.95. The van der Waals surface area contributed by atoms with Gasteiger partial charge < -0.3 is 10.1 Å². The molecule has 138 valence electrons. The monoisotopic (exact) mass is 366 g/mol. The van der Waals surface area contributed by atoms with Crippen LogP contribution in [0.5, 0.6) is 5.75 Å². The number of rotatable bonds is 6. The first-order valence-electron chi connectivity index (χ1n) is 8.90. The highest BCUT2D eigenvalue weighted by atomic mass is 32.2. The van der Waals surface area contributed by atoms with Gasteiger partial charge in [-0.3, -0.25) is 4.79 Å². The van der Waals surface area contributed by atoms with E-state index in [9.17, 15) is 13.2 Å². The van der Waals surface area contributed by atoms with Crippen LogP contribution in [0.15, 0.2) is 23.1 Å². The molecule has 2 atom stereocenters. The highest BCUT2D eigenvalue weighted by Crippen LogP contribution is 2.29. The minimum absolute atomic E-state index is 0.00378. The number of amides is 1. The van der Waals surface area contributed by atoms with Crippen molar-refractivity contribution in [3.05, 3.63) is 23.8 Å². The molecule has 1 aromatic rings. The summed E-state index contributed by atoms with van der Waals surface area (Å²) < 4.78 is 32.9. The van der Waals surface area contributed by atoms with Gasteiger partial charge in [-0.2, -0.15) is 0 Å². The Morgan fingerprint density at radius 3 is 2.56 bits per heavy atom. The van der Waals surface area contributed by atoms with Crippen molar-refractivity contribution in [3.8, 4) is 5.75 Å². The number of ether oxygens (including phenoxy) is 1. The molecular weight excluding hydrogens is 340 g/mol. The molecule has 0 bridgehead atoms. The molecule has 2 N–H and O–H groups in total. The molecule has 6 nitrogen and oxygen atoms in total. The zero-order valence-corrected chi connectivity index (χ0v) is 15.6. The molecule has 2 aliphatic carbocycles. The molecule has 0 heterocycles. The second-order valence-electron chi connectivity index (χ2n) is 7.20. The van der Waals surface area contributed by atoms with Crippen molar-refractivity contribution >= 4 is 15.9 Å². The molecule has 7 heteroatoms. The second kappa shape index (κ2) is 7.33. The summed E-state index contributed by atoms with van der Waals surface area (Å²) in [5, 5.41) is 3.04. The predicted molar refractivity (Wildman–Crippen MR) is 95.2 cm³/mol. The molecule has 1 amide bonds. The van der Waals surface area contributed by atoms with Crippen LogP contribution in [0.25, 0.3) is 0 Å². The third-order valence-electron chi connectivity index (χ3n) is 4.89. The lowest BCUT2D eigenvalue weighted by atomic mass is 9.87. The quantitative estimate of drug-likeness (QED) is 0.810. The maximum Gasteiger partial charge on any atom is 0.251 e. The van der Waals surface area contributed by atoms with Crippen LogP contribution in [0.4, 0.5) is 0 Å². The van der Waals surface area contributed by atoms with E-state index in [2.05, 4.69) is 17.0 Å². The first-order chi connectivity index (χ1) is 11.9. The lowest BCUT2D eigenvalue weighted by Crippen LogP contribution is -2.38. The summed E-state index contributed by atoms with van der Waals surface area (Å²) in [4.78, 5) is 12.6. The minimum Gasteiger partial charge on any atom is -0.495 e. The molecule has 0 spiro atoms. The van der Waals surface area contributed by atoms with Gasteiger partial charge in [-0.15, -0.1) is 0 Å². The van der Waals surface area contributed by atoms with Crippen molar-refractivity contribution in [2.24, 2.45) is 5.92 Å². The molecule has 0 aromatic heterocycles. The van der Waals surface area contributed by atoms with E-state index in [0.29, 0.717) is 11.5 Å². The fourth-order valence-corrected chi connectivity index (χ4v) is 4.85. The van der Waals surface area contributed by atoms with Crippen LogP contribution >= 0.6 is 0 Å². The lowest BCUT2D eigenvalue weighted by molar-refractivity contribution is 0.0921. The van der Waals surface area contributed by atoms with Crippen molar-refractivity contribution < 1.29 is 17.9 Å². The van der Waals surface area contributed by atoms with Gasteiger partial charge in [-0.05, 0) is 49.8 Å². The molecule has 2 aliphatic rings. The zero-order chi connectivity index (χ0) is 18.0. The standard InChI is InChI=1S/C18H26N2O4S/c1-12-4-3-5-15(10-12)19-18(21)13-6-9-16(24-2)17(11-13)25(22,23)20-14-7-8-14/h6,9,11-12,14-15,20H,3-5,7-8,10H2,1-2H3,(H,19,21). The average molecular weight is 366 g/mol. The van der Waals surface area contributed by atoms with Crippen LogP contribution in [0.3, 0.4) is 0 Å². The van der Waals surface area contributed by atoms with Crippen molar-refractivity contribution in [2.45, 2.75) is 62.4 Å². The van der Waals surface area contributed by atoms with E-state index in [4.69, 9.17) is 4.74 Å². The van der Waals surface area contributed by atoms with Gasteiger partial charge in [0.15, 0.2) is 0 Å². The van der Waals surface area contributed by atoms with Gasteiger partial charge in [0.05, 0.1) is 7.11 Å². The van der Waals surface area contributed by atoms with Gasteiger partial charge in [0.2, 0.25) is 10.0 Å². The fraction of sp³-hybridized carbons (Fsp3) is 0.611. The number of hydrogen-bond donors (Lipinski definition) is 2. The first-order valence-corrected chi connectivity index (χ1v) is 10.4. The second-order valence-corrected chi connectivity index (χ2v) is 8.89. The molecule has 2 fully saturated rings. The van der Waals surface area contributed by atoms with Crippen molar-refractivity contribution in [2.75, 3.05) is 7.11 Å². The third kappa shape index (κ3) is 4.52. The fourth-order valence-electron chi connectivity index (χ4n) is 3.35. The lowest BCUT2D eigenvalue weighted by Gasteiger charge is -2.27. The van der Waals surface area contributed by atoms with Gasteiger partial charge in [0.1, 0.15) is 10.6 Å². The van der Waals surface area contributed by atoms with Crippen LogP contribution in [0.2, 0.25) is 0 Å². The molecule has 0 saturated heterocycles. The van der Waals surface area contributed by atoms with E-state index in [1.807, 2.05) is 0 Å². The molecule has 2 unspecified atom stereocenters. The summed E-state index contributed by atoms with van der Waals surface area (Å²) >= 11 is 0. The third-order valence-corrected chi connectivity index (χ3v) is 6.43. The zero-order valence-electron chi connectivity index (χ0n) is 14.7. The normalized spacial score (nSPS) is 23.9. The van der Waals surface area contributed by atoms with E-state index in [1.165, 1.54) is 19.6 Å². The van der Waals surface area contributed by atoms with Crippen LogP contribution < -0.4 is 14.8 Å². The number of benzene rings is 1. The minimum atomic E-state index is -3.69. The molecule has 3 rings (SSSR count). The topological polar surface area (TPSA) is 84.5 Å². The molecular formula is C18H26N2O4S. The number of carbonyl (C=O) groups is 1. The highest BCUT2D eigenvalue weighted by molar-refractivity contribution is 7.89. The highest BCUT2D eigenvalue weighted by Gasteiger charge is 2.30. The van der Waals surface area contributed by atoms with Crippen LogP contribution in [-0.4, -0.2) is 33.5 Å². The van der Waals surface area contributed by atoms with Gasteiger partial charge in [-0.25, -0.2) is 13.1 Å². The number of methoxy groups -OCH3 is 1. The maximum atomic E-state index is 12.6. The Bertz CT molecular complexity index is 743. The van der Waals surface area contributed by atoms with Crippen molar-refractivity contribution in [1.29, 1.82) is 0 Å². The SMILES string of the molecule is COc1ccc(C(=O)NC2CCCC(C)C2)cc1S(=O)(=O)NC1CC1. The van der Waals surface area contributed by atoms with E-state index < -0.39 is 10.0 Å². The molecule has 25 heavy (non-hydrogen) atoms. The first kappa shape index (κ1) is 18.2. The summed E-state index contributed by atoms with van der Waals surface area (Å²) in [5.74, 6) is 0.620. The molecule has 0 aliphatic heterocycles. The number of carbonyl (C=O) groups excluding carboxylic acids is 1. The number of sulfonamides is 1. The Morgan fingerprint density at radius 1 is 1.16 bits per heavy atom. The molecule has 2 saturated carbocycles. The van der Waals surface area contributed by atoms with Crippen LogP contribution in [0, 0.1) is 5.92 Å². The van der Waals surface area contributed by atoms with Gasteiger partial charge >= 0.3 is 0 Å². The smallest absolute Gasteiger partial charge is 0.251 e. The largest absolute Gasteiger partial charge is 0.495 e. The predicted octanol–water partition coefficient (Wildman–Crippen LogP) is 2.44. The summed E-state index contributed by atoms with van der Waals surface area (Å²) in [7, 11) is -2.27. The van der Waals surface area contributed by atoms with Crippen molar-refractivity contribution in [3.63, 3.8) is 0 Å². The van der Waals surface area contributed by atoms with Gasteiger partial charge in [0.25, 0.3) is 5.91 Å². The summed E-state index contributed by atoms with van der Waals surface area (Å²) in [6, 6.07) is 4.71. The Hall–Kier alpha value is -1.60. The maximum absolute atomic E-state index is 12.6. The Labute approximate surface area is 149 Å². The van der Waals surface area contributed by atoms with Crippen molar-refractivity contribution in [1.82, 2.24) is 10.0 Å². The average Bonchev–Trinajstić information content (AvgIpc) is 3.37. The number of nitrogens with one attached hydrogen (secondary N) is 2. The van der Waals surface area contributed by atoms with Crippen LogP contribution in [0.1, 0.15) is 55.8 Å². The van der Waals surface area contributed by atoms with Gasteiger partial charge in [0, 0.05) is 17.6 Å². The van der Waals surface area contributed by atoms with E-state index in [0.717, 1.165) is 32.1 Å². The van der Waals surface area contributed by atoms with Crippen LogP contribution in [-0.2, 0) is 10.0 Å². The Morgan fingerprint density at radius 2 is 1.92 bits per heavy atom. The number of hydrogen-bond acceptors (Lipinski definition) is 4. The van der Waals surface area contributed by atoms with Gasteiger partial charge in [-0.1, -0.05) is 19.8 Å².